The van der Waals surface area contributed by atoms with Gasteiger partial charge < -0.3 is 24.8 Å². The zero-order valence-corrected chi connectivity index (χ0v) is 36.7. The zero-order valence-electron chi connectivity index (χ0n) is 32.8. The predicted molar refractivity (Wildman–Crippen MR) is 214 cm³/mol. The van der Waals surface area contributed by atoms with Gasteiger partial charge in [0.2, 0.25) is 0 Å². The van der Waals surface area contributed by atoms with Gasteiger partial charge in [-0.15, -0.1) is 11.1 Å². The summed E-state index contributed by atoms with van der Waals surface area (Å²) in [5.74, 6) is 5.22. The Morgan fingerprint density at radius 3 is 1.70 bits per heavy atom. The van der Waals surface area contributed by atoms with Crippen LogP contribution in [0.5, 0.6) is 0 Å². The maximum atomic E-state index is 3.67. The number of fused-ring (bicyclic) bond motifs is 3. The number of rotatable bonds is 3. The third-order valence-corrected chi connectivity index (χ3v) is 13.6. The van der Waals surface area contributed by atoms with E-state index < -0.39 is 0 Å². The molecule has 0 atom stereocenters. The molecule has 4 bridgehead atoms. The summed E-state index contributed by atoms with van der Waals surface area (Å²) in [6.07, 6.45) is 8.77. The van der Waals surface area contributed by atoms with E-state index in [1.165, 1.54) is 77.5 Å². The van der Waals surface area contributed by atoms with E-state index >= 15 is 0 Å². The molecule has 0 saturated heterocycles. The van der Waals surface area contributed by atoms with Gasteiger partial charge in [0.1, 0.15) is 0 Å². The summed E-state index contributed by atoms with van der Waals surface area (Å²) in [5.41, 5.74) is 14.5. The minimum absolute atomic E-state index is 0. The molecule has 10 rings (SSSR count). The van der Waals surface area contributed by atoms with Crippen molar-refractivity contribution in [2.45, 2.75) is 104 Å². The number of hydrogen-bond donors (Lipinski definition) is 0. The molecule has 5 aromatic carbocycles. The van der Waals surface area contributed by atoms with Crippen molar-refractivity contribution in [3.63, 3.8) is 0 Å². The fourth-order valence-electron chi connectivity index (χ4n) is 9.67. The summed E-state index contributed by atoms with van der Waals surface area (Å²) < 4.78 is 1.42. The Hall–Kier alpha value is -2.44. The summed E-state index contributed by atoms with van der Waals surface area (Å²) in [6, 6.07) is 43.4. The van der Waals surface area contributed by atoms with Gasteiger partial charge in [-0.2, -0.15) is 47.0 Å². The first-order valence-corrected chi connectivity index (χ1v) is 20.7. The predicted octanol–water partition coefficient (Wildman–Crippen LogP) is 6.72. The molecule has 0 heterocycles. The second kappa shape index (κ2) is 17.1. The van der Waals surface area contributed by atoms with Gasteiger partial charge in [-0.25, -0.2) is 6.07 Å². The van der Waals surface area contributed by atoms with E-state index in [1.54, 1.807) is 37.7 Å². The molecule has 0 N–H and O–H groups in total. The van der Waals surface area contributed by atoms with Crippen molar-refractivity contribution in [3.05, 3.63) is 160 Å². The van der Waals surface area contributed by atoms with Crippen LogP contribution in [0.3, 0.4) is 0 Å². The van der Waals surface area contributed by atoms with Crippen molar-refractivity contribution >= 4 is 3.21 Å². The van der Waals surface area contributed by atoms with Crippen LogP contribution in [0.15, 0.2) is 109 Å². The number of halogens is 2. The molecule has 3 heteroatoms. The van der Waals surface area contributed by atoms with E-state index in [9.17, 15) is 0 Å². The van der Waals surface area contributed by atoms with Crippen LogP contribution >= 0.6 is 0 Å². The minimum atomic E-state index is 0. The Bertz CT molecular complexity index is 1840. The SMILES string of the molecule is CC(C)(C)c1[c-]c2c(cc1)-c1ccc(C(C)(C)C)cc1C2.Cc1cc(C2C3CC4CC(C3)CC2C4)c[cH-]1.[Cl-].[Cl-].[Zr+2]=[C](c1ccccc1)c1ccccc1. The van der Waals surface area contributed by atoms with Gasteiger partial charge in [-0.1, -0.05) is 78.1 Å². The molecular weight excluding hydrogens is 763 g/mol. The Balaban J connectivity index is 0.000000154. The molecule has 4 saturated carbocycles. The Morgan fingerprint density at radius 1 is 0.660 bits per heavy atom. The fourth-order valence-corrected chi connectivity index (χ4v) is 10.5. The van der Waals surface area contributed by atoms with Crippen molar-refractivity contribution in [2.75, 3.05) is 0 Å². The van der Waals surface area contributed by atoms with Crippen molar-refractivity contribution < 1.29 is 49.0 Å². The first-order chi connectivity index (χ1) is 24.3. The summed E-state index contributed by atoms with van der Waals surface area (Å²) in [4.78, 5) is 0. The molecule has 276 valence electrons. The summed E-state index contributed by atoms with van der Waals surface area (Å²) in [5, 5.41) is 0. The molecule has 0 nitrogen and oxygen atoms in total. The molecule has 0 amide bonds. The third-order valence-electron chi connectivity index (χ3n) is 12.1. The quantitative estimate of drug-likeness (QED) is 0.174. The van der Waals surface area contributed by atoms with Gasteiger partial charge in [0.15, 0.2) is 0 Å². The standard InChI is InChI=1S/C21H25.C16H21.C13H10.2ClH.Zr/c1-20(2,3)16-7-9-18-14(12-16)11-15-13-17(21(4,5)6)8-10-19(15)18;1-10-2-3-13(4-10)16-14-6-11-5-12(8-14)9-15(16)7-11;1-3-7-12(8-4-1)11-13-9-5-2-6-10-13;;;/h7-10,12H,11H2,1-6H3;2-4,11-12,14-16H,5-9H2,1H3;1-10H;2*1H;/q2*-1;;;;+2/p-2. The molecule has 5 aliphatic carbocycles. The molecular formula is C50H56Cl2Zr-2. The van der Waals surface area contributed by atoms with Crippen molar-refractivity contribution in [1.29, 1.82) is 0 Å². The molecule has 53 heavy (non-hydrogen) atoms. The first kappa shape index (κ1) is 41.7. The van der Waals surface area contributed by atoms with Crippen LogP contribution in [0.1, 0.15) is 124 Å². The molecule has 0 aliphatic heterocycles. The van der Waals surface area contributed by atoms with Crippen LogP contribution in [0.25, 0.3) is 11.1 Å². The van der Waals surface area contributed by atoms with Crippen LogP contribution < -0.4 is 24.8 Å². The summed E-state index contributed by atoms with van der Waals surface area (Å²) in [7, 11) is 0. The van der Waals surface area contributed by atoms with Gasteiger partial charge in [-0.05, 0) is 84.2 Å². The van der Waals surface area contributed by atoms with E-state index in [-0.39, 0.29) is 35.6 Å². The van der Waals surface area contributed by atoms with E-state index in [0.717, 1.165) is 36.0 Å². The molecule has 4 fully saturated rings. The number of aryl methyl sites for hydroxylation is 1. The Kier molecular flexibility index (Phi) is 13.5. The number of hydrogen-bond acceptors (Lipinski definition) is 0. The van der Waals surface area contributed by atoms with Crippen LogP contribution in [-0.4, -0.2) is 3.21 Å². The van der Waals surface area contributed by atoms with Gasteiger partial charge in [0.25, 0.3) is 0 Å². The molecule has 5 aliphatic rings. The van der Waals surface area contributed by atoms with Gasteiger partial charge in [-0.3, -0.25) is 0 Å². The van der Waals surface area contributed by atoms with Gasteiger partial charge in [0, 0.05) is 0 Å². The average Bonchev–Trinajstić information content (AvgIpc) is 3.70. The monoisotopic (exact) mass is 816 g/mol. The van der Waals surface area contributed by atoms with Crippen LogP contribution in [-0.2, 0) is 41.5 Å². The average molecular weight is 819 g/mol. The molecule has 5 aromatic rings. The van der Waals surface area contributed by atoms with E-state index in [2.05, 4.69) is 164 Å². The maximum absolute atomic E-state index is 3.67. The Labute approximate surface area is 348 Å². The summed E-state index contributed by atoms with van der Waals surface area (Å²) >= 11 is 1.46. The second-order valence-electron chi connectivity index (χ2n) is 18.1. The van der Waals surface area contributed by atoms with Crippen molar-refractivity contribution in [3.8, 4) is 11.1 Å². The molecule has 0 radical (unpaired) electrons. The fraction of sp³-hybridized carbons (Fsp3) is 0.400. The van der Waals surface area contributed by atoms with E-state index in [4.69, 9.17) is 0 Å². The topological polar surface area (TPSA) is 0 Å². The normalized spacial score (nSPS) is 21.8. The van der Waals surface area contributed by atoms with E-state index in [1.807, 2.05) is 0 Å². The molecule has 0 spiro atoms. The van der Waals surface area contributed by atoms with Gasteiger partial charge >= 0.3 is 99.2 Å². The Morgan fingerprint density at radius 2 is 1.21 bits per heavy atom. The first-order valence-electron chi connectivity index (χ1n) is 19.5. The van der Waals surface area contributed by atoms with Gasteiger partial charge in [0.05, 0.1) is 0 Å². The van der Waals surface area contributed by atoms with Crippen molar-refractivity contribution in [2.24, 2.45) is 23.7 Å². The molecule has 0 unspecified atom stereocenters. The van der Waals surface area contributed by atoms with Crippen LogP contribution in [0, 0.1) is 36.7 Å². The zero-order chi connectivity index (χ0) is 35.9. The molecule has 0 aromatic heterocycles. The third kappa shape index (κ3) is 9.51. The van der Waals surface area contributed by atoms with E-state index in [0.29, 0.717) is 0 Å². The summed E-state index contributed by atoms with van der Waals surface area (Å²) in [6.45, 7) is 15.8. The second-order valence-corrected chi connectivity index (χ2v) is 19.3. The number of benzene rings is 4. The van der Waals surface area contributed by atoms with Crippen molar-refractivity contribution in [1.82, 2.24) is 0 Å². The van der Waals surface area contributed by atoms with Crippen LogP contribution in [0.4, 0.5) is 0 Å². The van der Waals surface area contributed by atoms with Crippen LogP contribution in [0.2, 0.25) is 0 Å².